The summed E-state index contributed by atoms with van der Waals surface area (Å²) in [6.07, 6.45) is 0.150. The normalized spacial score (nSPS) is 11.1. The second kappa shape index (κ2) is 10.4. The van der Waals surface area contributed by atoms with Gasteiger partial charge in [0.2, 0.25) is 5.91 Å². The van der Waals surface area contributed by atoms with Crippen LogP contribution in [0.5, 0.6) is 0 Å². The Bertz CT molecular complexity index is 767. The molecule has 0 saturated carbocycles. The van der Waals surface area contributed by atoms with E-state index in [0.717, 1.165) is 5.56 Å². The van der Waals surface area contributed by atoms with Gasteiger partial charge in [0.25, 0.3) is 0 Å². The van der Waals surface area contributed by atoms with Crippen LogP contribution in [0.3, 0.4) is 0 Å². The molecule has 26 heavy (non-hydrogen) atoms. The van der Waals surface area contributed by atoms with Crippen LogP contribution in [0.1, 0.15) is 11.1 Å². The number of amides is 1. The van der Waals surface area contributed by atoms with Gasteiger partial charge in [-0.25, -0.2) is 4.39 Å². The van der Waals surface area contributed by atoms with Crippen LogP contribution < -0.4 is 16.0 Å². The average molecular weight is 377 g/mol. The molecule has 0 aliphatic carbocycles. The highest BCUT2D eigenvalue weighted by Crippen LogP contribution is 2.14. The smallest absolute Gasteiger partial charge is 0.224 e. The molecule has 0 radical (unpaired) electrons. The van der Waals surface area contributed by atoms with Gasteiger partial charge in [-0.1, -0.05) is 41.9 Å². The number of nitrogens with zero attached hydrogens (tertiary/aromatic N) is 1. The molecular weight excluding hydrogens is 355 g/mol. The molecule has 0 aliphatic rings. The summed E-state index contributed by atoms with van der Waals surface area (Å²) in [5.74, 6) is 0.117. The van der Waals surface area contributed by atoms with Crippen molar-refractivity contribution in [2.75, 3.05) is 20.1 Å². The van der Waals surface area contributed by atoms with Crippen LogP contribution >= 0.6 is 11.6 Å². The summed E-state index contributed by atoms with van der Waals surface area (Å²) >= 11 is 6.12. The Hall–Kier alpha value is -2.60. The summed E-state index contributed by atoms with van der Waals surface area (Å²) in [4.78, 5) is 16.0. The maximum atomic E-state index is 13.1. The quantitative estimate of drug-likeness (QED) is 0.395. The molecule has 5 nitrogen and oxygen atoms in total. The van der Waals surface area contributed by atoms with Gasteiger partial charge in [-0.2, -0.15) is 0 Å². The van der Waals surface area contributed by atoms with Gasteiger partial charge in [0.1, 0.15) is 5.82 Å². The standard InChI is InChI=1S/C19H22ClFN4O/c1-22-19(25-13-15-6-2-3-8-17(15)20)24-10-9-23-18(26)12-14-5-4-7-16(21)11-14/h2-8,11H,9-10,12-13H2,1H3,(H,23,26)(H2,22,24,25). The number of hydrogen-bond acceptors (Lipinski definition) is 2. The maximum Gasteiger partial charge on any atom is 0.224 e. The zero-order chi connectivity index (χ0) is 18.8. The fraction of sp³-hybridized carbons (Fsp3) is 0.263. The van der Waals surface area contributed by atoms with Gasteiger partial charge in [0.05, 0.1) is 6.42 Å². The van der Waals surface area contributed by atoms with Gasteiger partial charge in [0, 0.05) is 31.7 Å². The molecule has 0 spiro atoms. The minimum Gasteiger partial charge on any atom is -0.355 e. The molecule has 0 aliphatic heterocycles. The van der Waals surface area contributed by atoms with E-state index in [-0.39, 0.29) is 18.1 Å². The summed E-state index contributed by atoms with van der Waals surface area (Å²) in [5, 5.41) is 9.75. The van der Waals surface area contributed by atoms with Crippen molar-refractivity contribution < 1.29 is 9.18 Å². The Morgan fingerprint density at radius 3 is 2.58 bits per heavy atom. The van der Waals surface area contributed by atoms with Crippen LogP contribution in [0.15, 0.2) is 53.5 Å². The van der Waals surface area contributed by atoms with Gasteiger partial charge in [-0.15, -0.1) is 0 Å². The van der Waals surface area contributed by atoms with Crippen molar-refractivity contribution in [1.29, 1.82) is 0 Å². The third-order valence-electron chi connectivity index (χ3n) is 3.62. The molecule has 0 fully saturated rings. The topological polar surface area (TPSA) is 65.5 Å². The summed E-state index contributed by atoms with van der Waals surface area (Å²) in [6.45, 7) is 1.49. The molecule has 3 N–H and O–H groups in total. The van der Waals surface area contributed by atoms with Crippen LogP contribution in [-0.2, 0) is 17.8 Å². The van der Waals surface area contributed by atoms with Crippen LogP contribution in [0.4, 0.5) is 4.39 Å². The Kier molecular flexibility index (Phi) is 7.89. The van der Waals surface area contributed by atoms with E-state index < -0.39 is 0 Å². The maximum absolute atomic E-state index is 13.1. The Labute approximate surface area is 157 Å². The predicted molar refractivity (Wildman–Crippen MR) is 103 cm³/mol. The van der Waals surface area contributed by atoms with E-state index in [1.807, 2.05) is 24.3 Å². The van der Waals surface area contributed by atoms with E-state index >= 15 is 0 Å². The number of carbonyl (C=O) groups is 1. The van der Waals surface area contributed by atoms with Gasteiger partial charge in [-0.3, -0.25) is 9.79 Å². The average Bonchev–Trinajstić information content (AvgIpc) is 2.62. The lowest BCUT2D eigenvalue weighted by atomic mass is 10.1. The lowest BCUT2D eigenvalue weighted by molar-refractivity contribution is -0.120. The monoisotopic (exact) mass is 376 g/mol. The minimum absolute atomic E-state index is 0.150. The van der Waals surface area contributed by atoms with Crippen molar-refractivity contribution >= 4 is 23.5 Å². The lowest BCUT2D eigenvalue weighted by Gasteiger charge is -2.13. The minimum atomic E-state index is -0.342. The molecule has 0 bridgehead atoms. The Morgan fingerprint density at radius 1 is 1.08 bits per heavy atom. The first kappa shape index (κ1) is 19.7. The number of carbonyl (C=O) groups excluding carboxylic acids is 1. The van der Waals surface area contributed by atoms with Gasteiger partial charge >= 0.3 is 0 Å². The zero-order valence-corrected chi connectivity index (χ0v) is 15.3. The van der Waals surface area contributed by atoms with Crippen molar-refractivity contribution in [3.8, 4) is 0 Å². The van der Waals surface area contributed by atoms with E-state index in [4.69, 9.17) is 11.6 Å². The fourth-order valence-electron chi connectivity index (χ4n) is 2.32. The number of hydrogen-bond donors (Lipinski definition) is 3. The van der Waals surface area contributed by atoms with Crippen molar-refractivity contribution in [2.45, 2.75) is 13.0 Å². The lowest BCUT2D eigenvalue weighted by Crippen LogP contribution is -2.41. The van der Waals surface area contributed by atoms with E-state index in [1.165, 1.54) is 12.1 Å². The second-order valence-corrected chi connectivity index (χ2v) is 6.01. The van der Waals surface area contributed by atoms with Crippen molar-refractivity contribution in [3.05, 3.63) is 70.5 Å². The number of rotatable bonds is 7. The van der Waals surface area contributed by atoms with Crippen LogP contribution in [-0.4, -0.2) is 32.0 Å². The van der Waals surface area contributed by atoms with Gasteiger partial charge in [0.15, 0.2) is 5.96 Å². The van der Waals surface area contributed by atoms with Crippen LogP contribution in [0.25, 0.3) is 0 Å². The molecule has 0 heterocycles. The van der Waals surface area contributed by atoms with Crippen molar-refractivity contribution in [2.24, 2.45) is 4.99 Å². The van der Waals surface area contributed by atoms with Gasteiger partial charge in [-0.05, 0) is 29.3 Å². The Morgan fingerprint density at radius 2 is 1.85 bits per heavy atom. The van der Waals surface area contributed by atoms with Gasteiger partial charge < -0.3 is 16.0 Å². The molecule has 0 saturated heterocycles. The molecule has 0 unspecified atom stereocenters. The predicted octanol–water partition coefficient (Wildman–Crippen LogP) is 2.50. The number of halogens is 2. The first-order valence-corrected chi connectivity index (χ1v) is 8.65. The summed E-state index contributed by atoms with van der Waals surface area (Å²) in [5.41, 5.74) is 1.62. The van der Waals surface area contributed by atoms with E-state index in [1.54, 1.807) is 19.2 Å². The summed E-state index contributed by atoms with van der Waals surface area (Å²) in [7, 11) is 1.67. The van der Waals surface area contributed by atoms with Crippen molar-refractivity contribution in [1.82, 2.24) is 16.0 Å². The second-order valence-electron chi connectivity index (χ2n) is 5.60. The molecular formula is C19H22ClFN4O. The highest BCUT2D eigenvalue weighted by Gasteiger charge is 2.05. The fourth-order valence-corrected chi connectivity index (χ4v) is 2.52. The van der Waals surface area contributed by atoms with E-state index in [2.05, 4.69) is 20.9 Å². The number of nitrogens with one attached hydrogen (secondary N) is 3. The molecule has 2 rings (SSSR count). The number of guanidine groups is 1. The molecule has 2 aromatic rings. The first-order chi connectivity index (χ1) is 12.6. The molecule has 2 aromatic carbocycles. The van der Waals surface area contributed by atoms with E-state index in [9.17, 15) is 9.18 Å². The largest absolute Gasteiger partial charge is 0.355 e. The third kappa shape index (κ3) is 6.72. The van der Waals surface area contributed by atoms with Crippen molar-refractivity contribution in [3.63, 3.8) is 0 Å². The molecule has 138 valence electrons. The first-order valence-electron chi connectivity index (χ1n) is 8.27. The third-order valence-corrected chi connectivity index (χ3v) is 3.99. The molecule has 0 aromatic heterocycles. The molecule has 1 amide bonds. The summed E-state index contributed by atoms with van der Waals surface area (Å²) in [6, 6.07) is 13.6. The number of aliphatic imine (C=N–C) groups is 1. The number of benzene rings is 2. The van der Waals surface area contributed by atoms with Crippen LogP contribution in [0, 0.1) is 5.82 Å². The van der Waals surface area contributed by atoms with E-state index in [0.29, 0.717) is 36.2 Å². The highest BCUT2D eigenvalue weighted by molar-refractivity contribution is 6.31. The van der Waals surface area contributed by atoms with Crippen LogP contribution in [0.2, 0.25) is 5.02 Å². The molecule has 0 atom stereocenters. The molecule has 7 heteroatoms. The summed E-state index contributed by atoms with van der Waals surface area (Å²) < 4.78 is 13.1. The SMILES string of the molecule is CN=C(NCCNC(=O)Cc1cccc(F)c1)NCc1ccccc1Cl. The highest BCUT2D eigenvalue weighted by atomic mass is 35.5. The zero-order valence-electron chi connectivity index (χ0n) is 14.6. The Balaban J connectivity index is 1.67.